The van der Waals surface area contributed by atoms with Gasteiger partial charge in [-0.25, -0.2) is 0 Å². The zero-order valence-electron chi connectivity index (χ0n) is 12.7. The summed E-state index contributed by atoms with van der Waals surface area (Å²) in [6.07, 6.45) is 0.792. The van der Waals surface area contributed by atoms with E-state index < -0.39 is 0 Å². The molecule has 0 radical (unpaired) electrons. The molecule has 0 bridgehead atoms. The first-order valence-electron chi connectivity index (χ1n) is 6.84. The van der Waals surface area contributed by atoms with Gasteiger partial charge in [0.1, 0.15) is 0 Å². The minimum Gasteiger partial charge on any atom is -0.349 e. The third kappa shape index (κ3) is 4.06. The number of amides is 1. The average Bonchev–Trinajstić information content (AvgIpc) is 2.27. The van der Waals surface area contributed by atoms with Gasteiger partial charge < -0.3 is 11.1 Å². The number of benzene rings is 1. The molecule has 0 aliphatic heterocycles. The molecule has 0 aliphatic carbocycles. The third-order valence-corrected chi connectivity index (χ3v) is 3.51. The largest absolute Gasteiger partial charge is 0.349 e. The van der Waals surface area contributed by atoms with Crippen molar-refractivity contribution < 1.29 is 4.79 Å². The molecule has 106 valence electrons. The molecule has 19 heavy (non-hydrogen) atoms. The summed E-state index contributed by atoms with van der Waals surface area (Å²) >= 11 is 0. The molecule has 3 nitrogen and oxygen atoms in total. The fourth-order valence-electron chi connectivity index (χ4n) is 2.29. The lowest BCUT2D eigenvalue weighted by Crippen LogP contribution is -2.45. The topological polar surface area (TPSA) is 55.1 Å². The maximum atomic E-state index is 12.5. The minimum atomic E-state index is 0.00368. The van der Waals surface area contributed by atoms with E-state index in [9.17, 15) is 4.79 Å². The van der Waals surface area contributed by atoms with Crippen molar-refractivity contribution in [3.8, 4) is 0 Å². The molecule has 0 fully saturated rings. The molecule has 0 heterocycles. The van der Waals surface area contributed by atoms with Crippen LogP contribution < -0.4 is 11.1 Å². The number of nitrogens with one attached hydrogen (secondary N) is 1. The molecule has 0 aromatic heterocycles. The Kier molecular flexibility index (Phi) is 5.12. The summed E-state index contributed by atoms with van der Waals surface area (Å²) in [6.45, 7) is 10.9. The summed E-state index contributed by atoms with van der Waals surface area (Å²) in [6, 6.07) is 6.00. The van der Waals surface area contributed by atoms with Gasteiger partial charge in [-0.1, -0.05) is 39.0 Å². The first-order valence-corrected chi connectivity index (χ1v) is 6.84. The van der Waals surface area contributed by atoms with Crippen molar-refractivity contribution in [2.24, 2.45) is 11.1 Å². The molecule has 1 unspecified atom stereocenters. The fraction of sp³-hybridized carbons (Fsp3) is 0.562. The van der Waals surface area contributed by atoms with Crippen molar-refractivity contribution >= 4 is 5.91 Å². The predicted molar refractivity (Wildman–Crippen MR) is 80.3 cm³/mol. The van der Waals surface area contributed by atoms with Crippen LogP contribution in [0.1, 0.15) is 48.7 Å². The maximum absolute atomic E-state index is 12.5. The second-order valence-electron chi connectivity index (χ2n) is 6.24. The van der Waals surface area contributed by atoms with E-state index in [2.05, 4.69) is 26.1 Å². The van der Waals surface area contributed by atoms with E-state index in [0.717, 1.165) is 23.1 Å². The highest BCUT2D eigenvalue weighted by Gasteiger charge is 2.26. The monoisotopic (exact) mass is 262 g/mol. The fourth-order valence-corrected chi connectivity index (χ4v) is 2.29. The van der Waals surface area contributed by atoms with Gasteiger partial charge in [0.2, 0.25) is 0 Å². The van der Waals surface area contributed by atoms with Gasteiger partial charge in [-0.3, -0.25) is 4.79 Å². The van der Waals surface area contributed by atoms with Crippen LogP contribution in [-0.4, -0.2) is 18.5 Å². The van der Waals surface area contributed by atoms with Gasteiger partial charge in [0.25, 0.3) is 5.91 Å². The first-order chi connectivity index (χ1) is 8.77. The Morgan fingerprint density at radius 3 is 2.21 bits per heavy atom. The first kappa shape index (κ1) is 15.7. The Labute approximate surface area is 116 Å². The summed E-state index contributed by atoms with van der Waals surface area (Å²) < 4.78 is 0. The number of carbonyl (C=O) groups is 1. The van der Waals surface area contributed by atoms with E-state index >= 15 is 0 Å². The van der Waals surface area contributed by atoms with E-state index in [-0.39, 0.29) is 17.4 Å². The lowest BCUT2D eigenvalue weighted by Gasteiger charge is -2.31. The smallest absolute Gasteiger partial charge is 0.252 e. The van der Waals surface area contributed by atoms with Gasteiger partial charge in [0.15, 0.2) is 0 Å². The molecule has 1 atom stereocenters. The van der Waals surface area contributed by atoms with Crippen LogP contribution in [0.3, 0.4) is 0 Å². The number of nitrogens with two attached hydrogens (primary N) is 1. The van der Waals surface area contributed by atoms with E-state index in [0.29, 0.717) is 6.54 Å². The van der Waals surface area contributed by atoms with Crippen LogP contribution in [-0.2, 0) is 0 Å². The van der Waals surface area contributed by atoms with Crippen molar-refractivity contribution in [2.45, 2.75) is 47.1 Å². The second-order valence-corrected chi connectivity index (χ2v) is 6.24. The molecule has 0 saturated carbocycles. The third-order valence-electron chi connectivity index (χ3n) is 3.51. The minimum absolute atomic E-state index is 0.00368. The van der Waals surface area contributed by atoms with Crippen LogP contribution in [0.15, 0.2) is 18.2 Å². The molecule has 0 saturated heterocycles. The summed E-state index contributed by atoms with van der Waals surface area (Å²) in [5, 5.41) is 3.14. The van der Waals surface area contributed by atoms with Crippen LogP contribution in [0.2, 0.25) is 0 Å². The van der Waals surface area contributed by atoms with Gasteiger partial charge in [-0.15, -0.1) is 0 Å². The lowest BCUT2D eigenvalue weighted by molar-refractivity contribution is 0.0897. The van der Waals surface area contributed by atoms with Crippen LogP contribution in [0.25, 0.3) is 0 Å². The molecule has 1 aromatic carbocycles. The molecular weight excluding hydrogens is 236 g/mol. The van der Waals surface area contributed by atoms with E-state index in [1.165, 1.54) is 0 Å². The van der Waals surface area contributed by atoms with E-state index in [4.69, 9.17) is 5.73 Å². The molecule has 1 aromatic rings. The standard InChI is InChI=1S/C16H26N2O/c1-11-7-6-8-12(2)14(11)15(19)18-13(9-10-17)16(3,4)5/h6-8,13H,9-10,17H2,1-5H3,(H,18,19). The van der Waals surface area contributed by atoms with E-state index in [1.807, 2.05) is 32.0 Å². The lowest BCUT2D eigenvalue weighted by atomic mass is 9.84. The van der Waals surface area contributed by atoms with Crippen molar-refractivity contribution in [1.82, 2.24) is 5.32 Å². The summed E-state index contributed by atoms with van der Waals surface area (Å²) in [7, 11) is 0. The highest BCUT2D eigenvalue weighted by atomic mass is 16.1. The van der Waals surface area contributed by atoms with Crippen LogP contribution >= 0.6 is 0 Å². The van der Waals surface area contributed by atoms with Crippen molar-refractivity contribution in [1.29, 1.82) is 0 Å². The Bertz CT molecular complexity index is 426. The molecular formula is C16H26N2O. The number of hydrogen-bond acceptors (Lipinski definition) is 2. The Hall–Kier alpha value is -1.35. The van der Waals surface area contributed by atoms with Gasteiger partial charge in [-0.05, 0) is 43.4 Å². The summed E-state index contributed by atoms with van der Waals surface area (Å²) in [5.74, 6) is 0.00368. The maximum Gasteiger partial charge on any atom is 0.252 e. The SMILES string of the molecule is Cc1cccc(C)c1C(=O)NC(CCN)C(C)(C)C. The molecule has 3 N–H and O–H groups in total. The Balaban J connectivity index is 2.95. The predicted octanol–water partition coefficient (Wildman–Crippen LogP) is 2.80. The zero-order valence-corrected chi connectivity index (χ0v) is 12.7. The molecule has 1 rings (SSSR count). The highest BCUT2D eigenvalue weighted by Crippen LogP contribution is 2.22. The average molecular weight is 262 g/mol. The zero-order chi connectivity index (χ0) is 14.6. The van der Waals surface area contributed by atoms with Crippen molar-refractivity contribution in [3.63, 3.8) is 0 Å². The van der Waals surface area contributed by atoms with Crippen molar-refractivity contribution in [3.05, 3.63) is 34.9 Å². The number of carbonyl (C=O) groups excluding carboxylic acids is 1. The van der Waals surface area contributed by atoms with Crippen LogP contribution in [0, 0.1) is 19.3 Å². The molecule has 1 amide bonds. The number of aryl methyl sites for hydroxylation is 2. The van der Waals surface area contributed by atoms with Gasteiger partial charge >= 0.3 is 0 Å². The van der Waals surface area contributed by atoms with Crippen LogP contribution in [0.4, 0.5) is 0 Å². The van der Waals surface area contributed by atoms with Gasteiger partial charge in [-0.2, -0.15) is 0 Å². The Morgan fingerprint density at radius 1 is 1.26 bits per heavy atom. The highest BCUT2D eigenvalue weighted by molar-refractivity contribution is 5.97. The Morgan fingerprint density at radius 2 is 1.79 bits per heavy atom. The second kappa shape index (κ2) is 6.20. The molecule has 3 heteroatoms. The van der Waals surface area contributed by atoms with Gasteiger partial charge in [0.05, 0.1) is 0 Å². The van der Waals surface area contributed by atoms with Crippen LogP contribution in [0.5, 0.6) is 0 Å². The quantitative estimate of drug-likeness (QED) is 0.876. The summed E-state index contributed by atoms with van der Waals surface area (Å²) in [4.78, 5) is 12.5. The molecule has 0 spiro atoms. The van der Waals surface area contributed by atoms with Crippen molar-refractivity contribution in [2.75, 3.05) is 6.54 Å². The number of rotatable bonds is 4. The normalized spacial score (nSPS) is 13.2. The summed E-state index contributed by atoms with van der Waals surface area (Å²) in [5.41, 5.74) is 8.46. The molecule has 0 aliphatic rings. The van der Waals surface area contributed by atoms with Gasteiger partial charge in [0, 0.05) is 11.6 Å². The van der Waals surface area contributed by atoms with E-state index in [1.54, 1.807) is 0 Å². The number of hydrogen-bond donors (Lipinski definition) is 2.